The van der Waals surface area contributed by atoms with E-state index in [0.717, 1.165) is 25.2 Å². The normalized spacial score (nSPS) is 24.2. The number of nitrogens with one attached hydrogen (secondary N) is 2. The topological polar surface area (TPSA) is 61.4 Å². The summed E-state index contributed by atoms with van der Waals surface area (Å²) in [6.07, 6.45) is 3.72. The quantitative estimate of drug-likeness (QED) is 0.856. The first-order valence-electron chi connectivity index (χ1n) is 8.68. The SMILES string of the molecule is O=C(NCCC1CCCNC1)C1CC(=O)N(c2ccc(Cl)cc2)C1. The van der Waals surface area contributed by atoms with Crippen LogP contribution in [0.5, 0.6) is 0 Å². The van der Waals surface area contributed by atoms with Gasteiger partial charge in [-0.2, -0.15) is 0 Å². The fourth-order valence-electron chi connectivity index (χ4n) is 3.47. The number of carbonyl (C=O) groups excluding carboxylic acids is 2. The number of piperidine rings is 1. The Morgan fingerprint density at radius 2 is 2.12 bits per heavy atom. The summed E-state index contributed by atoms with van der Waals surface area (Å²) in [5.74, 6) is 0.366. The molecule has 0 aliphatic carbocycles. The van der Waals surface area contributed by atoms with Gasteiger partial charge in [-0.25, -0.2) is 0 Å². The van der Waals surface area contributed by atoms with Crippen LogP contribution in [0.2, 0.25) is 5.02 Å². The van der Waals surface area contributed by atoms with E-state index in [9.17, 15) is 9.59 Å². The third-order valence-corrected chi connectivity index (χ3v) is 5.14. The highest BCUT2D eigenvalue weighted by atomic mass is 35.5. The number of benzene rings is 1. The molecule has 0 bridgehead atoms. The molecule has 24 heavy (non-hydrogen) atoms. The van der Waals surface area contributed by atoms with E-state index in [0.29, 0.717) is 24.0 Å². The largest absolute Gasteiger partial charge is 0.356 e. The van der Waals surface area contributed by atoms with Crippen molar-refractivity contribution in [1.29, 1.82) is 0 Å². The molecule has 1 aromatic rings. The van der Waals surface area contributed by atoms with E-state index in [1.807, 2.05) is 12.1 Å². The fraction of sp³-hybridized carbons (Fsp3) is 0.556. The van der Waals surface area contributed by atoms with Crippen molar-refractivity contribution in [3.63, 3.8) is 0 Å². The lowest BCUT2D eigenvalue weighted by Crippen LogP contribution is -2.36. The van der Waals surface area contributed by atoms with Crippen LogP contribution in [0.1, 0.15) is 25.7 Å². The third kappa shape index (κ3) is 4.28. The smallest absolute Gasteiger partial charge is 0.227 e. The van der Waals surface area contributed by atoms with Gasteiger partial charge in [0.15, 0.2) is 0 Å². The van der Waals surface area contributed by atoms with Gasteiger partial charge in [-0.15, -0.1) is 0 Å². The van der Waals surface area contributed by atoms with E-state index in [1.54, 1.807) is 17.0 Å². The molecule has 2 aliphatic heterocycles. The summed E-state index contributed by atoms with van der Waals surface area (Å²) in [7, 11) is 0. The first-order valence-corrected chi connectivity index (χ1v) is 9.05. The van der Waals surface area contributed by atoms with Crippen LogP contribution in [0.4, 0.5) is 5.69 Å². The van der Waals surface area contributed by atoms with E-state index in [4.69, 9.17) is 11.6 Å². The molecule has 2 amide bonds. The molecule has 2 fully saturated rings. The van der Waals surface area contributed by atoms with E-state index < -0.39 is 0 Å². The van der Waals surface area contributed by atoms with Gasteiger partial charge in [-0.1, -0.05) is 11.6 Å². The molecular weight excluding hydrogens is 326 g/mol. The molecule has 2 unspecified atom stereocenters. The van der Waals surface area contributed by atoms with Gasteiger partial charge in [0, 0.05) is 30.2 Å². The molecule has 2 aliphatic rings. The monoisotopic (exact) mass is 349 g/mol. The molecule has 3 rings (SSSR count). The van der Waals surface area contributed by atoms with Gasteiger partial charge in [0.1, 0.15) is 0 Å². The van der Waals surface area contributed by atoms with Crippen molar-refractivity contribution < 1.29 is 9.59 Å². The second-order valence-electron chi connectivity index (χ2n) is 6.67. The zero-order chi connectivity index (χ0) is 16.9. The third-order valence-electron chi connectivity index (χ3n) is 4.88. The molecule has 2 heterocycles. The molecule has 130 valence electrons. The molecular formula is C18H24ClN3O2. The van der Waals surface area contributed by atoms with Crippen LogP contribution in [0.15, 0.2) is 24.3 Å². The zero-order valence-corrected chi connectivity index (χ0v) is 14.5. The highest BCUT2D eigenvalue weighted by Crippen LogP contribution is 2.26. The predicted molar refractivity (Wildman–Crippen MR) is 95.1 cm³/mol. The maximum atomic E-state index is 12.3. The molecule has 5 nitrogen and oxygen atoms in total. The Balaban J connectivity index is 1.47. The van der Waals surface area contributed by atoms with E-state index in [2.05, 4.69) is 10.6 Å². The van der Waals surface area contributed by atoms with Crippen molar-refractivity contribution in [2.75, 3.05) is 31.1 Å². The fourth-order valence-corrected chi connectivity index (χ4v) is 3.59. The number of nitrogens with zero attached hydrogens (tertiary/aromatic N) is 1. The van der Waals surface area contributed by atoms with Crippen molar-refractivity contribution in [2.24, 2.45) is 11.8 Å². The minimum absolute atomic E-state index is 0.00560. The lowest BCUT2D eigenvalue weighted by molar-refractivity contribution is -0.126. The molecule has 6 heteroatoms. The molecule has 0 saturated carbocycles. The highest BCUT2D eigenvalue weighted by molar-refractivity contribution is 6.30. The summed E-state index contributed by atoms with van der Waals surface area (Å²) in [5.41, 5.74) is 0.799. The second-order valence-corrected chi connectivity index (χ2v) is 7.11. The average molecular weight is 350 g/mol. The summed E-state index contributed by atoms with van der Waals surface area (Å²) >= 11 is 5.88. The number of carbonyl (C=O) groups is 2. The van der Waals surface area contributed by atoms with E-state index in [-0.39, 0.29) is 24.2 Å². The average Bonchev–Trinajstić information content (AvgIpc) is 2.98. The lowest BCUT2D eigenvalue weighted by Gasteiger charge is -2.23. The van der Waals surface area contributed by atoms with Crippen molar-refractivity contribution in [1.82, 2.24) is 10.6 Å². The maximum Gasteiger partial charge on any atom is 0.227 e. The van der Waals surface area contributed by atoms with Gasteiger partial charge in [0.25, 0.3) is 0 Å². The lowest BCUT2D eigenvalue weighted by atomic mass is 9.96. The van der Waals surface area contributed by atoms with Crippen LogP contribution >= 0.6 is 11.6 Å². The van der Waals surface area contributed by atoms with Gasteiger partial charge in [0.2, 0.25) is 11.8 Å². The molecule has 0 spiro atoms. The van der Waals surface area contributed by atoms with Crippen LogP contribution in [-0.2, 0) is 9.59 Å². The number of hydrogen-bond donors (Lipinski definition) is 2. The summed E-state index contributed by atoms with van der Waals surface area (Å²) in [5, 5.41) is 7.03. The number of hydrogen-bond acceptors (Lipinski definition) is 3. The van der Waals surface area contributed by atoms with Gasteiger partial charge < -0.3 is 15.5 Å². The molecule has 0 radical (unpaired) electrons. The minimum Gasteiger partial charge on any atom is -0.356 e. The Kier molecular flexibility index (Phi) is 5.74. The Hall–Kier alpha value is -1.59. The van der Waals surface area contributed by atoms with Gasteiger partial charge in [0.05, 0.1) is 5.92 Å². The summed E-state index contributed by atoms with van der Waals surface area (Å²) in [6.45, 7) is 3.28. The standard InChI is InChI=1S/C18H24ClN3O2/c19-15-3-5-16(6-4-15)22-12-14(10-17(22)23)18(24)21-9-7-13-2-1-8-20-11-13/h3-6,13-14,20H,1-2,7-12H2,(H,21,24). The molecule has 2 N–H and O–H groups in total. The van der Waals surface area contributed by atoms with Gasteiger partial charge in [-0.3, -0.25) is 9.59 Å². The van der Waals surface area contributed by atoms with E-state index >= 15 is 0 Å². The highest BCUT2D eigenvalue weighted by Gasteiger charge is 2.35. The van der Waals surface area contributed by atoms with Crippen LogP contribution in [0.25, 0.3) is 0 Å². The predicted octanol–water partition coefficient (Wildman–Crippen LogP) is 2.20. The molecule has 2 atom stereocenters. The first-order chi connectivity index (χ1) is 11.6. The van der Waals surface area contributed by atoms with E-state index in [1.165, 1.54) is 12.8 Å². The van der Waals surface area contributed by atoms with Crippen molar-refractivity contribution in [2.45, 2.75) is 25.7 Å². The van der Waals surface area contributed by atoms with Crippen molar-refractivity contribution in [3.05, 3.63) is 29.3 Å². The Labute approximate surface area is 147 Å². The van der Waals surface area contributed by atoms with Crippen LogP contribution in [0.3, 0.4) is 0 Å². The molecule has 1 aromatic carbocycles. The molecule has 2 saturated heterocycles. The Bertz CT molecular complexity index is 584. The number of rotatable bonds is 5. The van der Waals surface area contributed by atoms with Crippen LogP contribution < -0.4 is 15.5 Å². The summed E-state index contributed by atoms with van der Waals surface area (Å²) in [6, 6.07) is 7.15. The van der Waals surface area contributed by atoms with Crippen molar-refractivity contribution in [3.8, 4) is 0 Å². The number of halogens is 1. The minimum atomic E-state index is -0.266. The van der Waals surface area contributed by atoms with Crippen LogP contribution in [0, 0.1) is 11.8 Å². The summed E-state index contributed by atoms with van der Waals surface area (Å²) < 4.78 is 0. The van der Waals surface area contributed by atoms with Crippen LogP contribution in [-0.4, -0.2) is 38.0 Å². The van der Waals surface area contributed by atoms with Gasteiger partial charge in [-0.05, 0) is 62.5 Å². The maximum absolute atomic E-state index is 12.3. The van der Waals surface area contributed by atoms with Crippen molar-refractivity contribution >= 4 is 29.1 Å². The van der Waals surface area contributed by atoms with Gasteiger partial charge >= 0.3 is 0 Å². The number of amides is 2. The molecule has 0 aromatic heterocycles. The first kappa shape index (κ1) is 17.2. The Morgan fingerprint density at radius 1 is 1.33 bits per heavy atom. The number of anilines is 1. The Morgan fingerprint density at radius 3 is 2.83 bits per heavy atom. The zero-order valence-electron chi connectivity index (χ0n) is 13.8. The summed E-state index contributed by atoms with van der Waals surface area (Å²) in [4.78, 5) is 26.2. The second kappa shape index (κ2) is 7.99.